The van der Waals surface area contributed by atoms with E-state index in [0.717, 1.165) is 5.56 Å². The molecule has 0 spiro atoms. The van der Waals surface area contributed by atoms with Crippen molar-refractivity contribution in [1.29, 1.82) is 0 Å². The Morgan fingerprint density at radius 2 is 1.60 bits per heavy atom. The molecule has 30 heavy (non-hydrogen) atoms. The van der Waals surface area contributed by atoms with E-state index in [0.29, 0.717) is 12.2 Å². The van der Waals surface area contributed by atoms with Gasteiger partial charge in [-0.15, -0.1) is 5.10 Å². The van der Waals surface area contributed by atoms with Gasteiger partial charge in [-0.3, -0.25) is 0 Å². The fraction of sp³-hybridized carbons (Fsp3) is 0.273. The van der Waals surface area contributed by atoms with Crippen molar-refractivity contribution in [3.63, 3.8) is 0 Å². The first kappa shape index (κ1) is 21.0. The molecule has 1 amide bonds. The number of ether oxygens (including phenoxy) is 2. The van der Waals surface area contributed by atoms with Crippen molar-refractivity contribution >= 4 is 23.6 Å². The van der Waals surface area contributed by atoms with Crippen LogP contribution in [0.5, 0.6) is 0 Å². The zero-order valence-corrected chi connectivity index (χ0v) is 17.4. The molecule has 8 nitrogen and oxygen atoms in total. The van der Waals surface area contributed by atoms with E-state index < -0.39 is 17.7 Å². The molecular formula is C22H24N4O4. The van der Waals surface area contributed by atoms with Gasteiger partial charge in [0.1, 0.15) is 5.60 Å². The van der Waals surface area contributed by atoms with Crippen LogP contribution in [0, 0.1) is 0 Å². The van der Waals surface area contributed by atoms with Gasteiger partial charge in [0, 0.05) is 0 Å². The minimum atomic E-state index is -0.743. The predicted octanol–water partition coefficient (Wildman–Crippen LogP) is 4.19. The highest BCUT2D eigenvalue weighted by Crippen LogP contribution is 2.30. The van der Waals surface area contributed by atoms with Crippen LogP contribution < -0.4 is 4.90 Å². The zero-order chi connectivity index (χ0) is 21.7. The Labute approximate surface area is 175 Å². The molecule has 3 aromatic rings. The minimum Gasteiger partial charge on any atom is -0.464 e. The van der Waals surface area contributed by atoms with Gasteiger partial charge in [0.25, 0.3) is 0 Å². The summed E-state index contributed by atoms with van der Waals surface area (Å²) in [6.45, 7) is 5.62. The van der Waals surface area contributed by atoms with Crippen LogP contribution in [0.1, 0.15) is 36.8 Å². The lowest BCUT2D eigenvalue weighted by Gasteiger charge is -2.27. The number of anilines is 2. The molecular weight excluding hydrogens is 384 g/mol. The highest BCUT2D eigenvalue weighted by molar-refractivity contribution is 6.02. The lowest BCUT2D eigenvalue weighted by atomic mass is 10.2. The SMILES string of the molecule is COC(=O)c1nnn(Cc2ccccc2)c1N(C(=O)OC(C)(C)C)c1ccccc1. The Balaban J connectivity index is 2.16. The van der Waals surface area contributed by atoms with E-state index in [1.54, 1.807) is 45.0 Å². The maximum atomic E-state index is 13.2. The third-order valence-electron chi connectivity index (χ3n) is 4.07. The number of benzene rings is 2. The highest BCUT2D eigenvalue weighted by atomic mass is 16.6. The quantitative estimate of drug-likeness (QED) is 0.589. The fourth-order valence-electron chi connectivity index (χ4n) is 2.82. The summed E-state index contributed by atoms with van der Waals surface area (Å²) in [5.74, 6) is -0.528. The second-order valence-electron chi connectivity index (χ2n) is 7.55. The summed E-state index contributed by atoms with van der Waals surface area (Å²) in [7, 11) is 1.25. The van der Waals surface area contributed by atoms with Gasteiger partial charge < -0.3 is 9.47 Å². The van der Waals surface area contributed by atoms with Gasteiger partial charge in [0.05, 0.1) is 19.3 Å². The molecule has 8 heteroatoms. The van der Waals surface area contributed by atoms with Crippen molar-refractivity contribution in [3.05, 3.63) is 71.9 Å². The summed E-state index contributed by atoms with van der Waals surface area (Å²) in [6, 6.07) is 18.4. The molecule has 0 atom stereocenters. The van der Waals surface area contributed by atoms with Gasteiger partial charge >= 0.3 is 12.1 Å². The van der Waals surface area contributed by atoms with E-state index in [1.165, 1.54) is 16.7 Å². The molecule has 0 N–H and O–H groups in total. The predicted molar refractivity (Wildman–Crippen MR) is 112 cm³/mol. The third-order valence-corrected chi connectivity index (χ3v) is 4.07. The Morgan fingerprint density at radius 1 is 1.00 bits per heavy atom. The van der Waals surface area contributed by atoms with E-state index in [4.69, 9.17) is 9.47 Å². The first-order valence-corrected chi connectivity index (χ1v) is 9.44. The number of amides is 1. The number of carbonyl (C=O) groups excluding carboxylic acids is 2. The second kappa shape index (κ2) is 8.77. The Morgan fingerprint density at radius 3 is 2.17 bits per heavy atom. The monoisotopic (exact) mass is 408 g/mol. The van der Waals surface area contributed by atoms with E-state index in [2.05, 4.69) is 10.3 Å². The summed E-state index contributed by atoms with van der Waals surface area (Å²) in [4.78, 5) is 26.9. The zero-order valence-electron chi connectivity index (χ0n) is 17.4. The van der Waals surface area contributed by atoms with E-state index in [-0.39, 0.29) is 11.5 Å². The van der Waals surface area contributed by atoms with Gasteiger partial charge in [0.2, 0.25) is 5.69 Å². The summed E-state index contributed by atoms with van der Waals surface area (Å²) in [5.41, 5.74) is 0.613. The van der Waals surface area contributed by atoms with Gasteiger partial charge in [-0.2, -0.15) is 0 Å². The van der Waals surface area contributed by atoms with Gasteiger partial charge in [0.15, 0.2) is 5.82 Å². The second-order valence-corrected chi connectivity index (χ2v) is 7.55. The van der Waals surface area contributed by atoms with Crippen molar-refractivity contribution in [2.75, 3.05) is 12.0 Å². The first-order chi connectivity index (χ1) is 14.3. The van der Waals surface area contributed by atoms with Crippen LogP contribution in [0.25, 0.3) is 0 Å². The van der Waals surface area contributed by atoms with Gasteiger partial charge in [-0.05, 0) is 38.5 Å². The molecule has 1 heterocycles. The van der Waals surface area contributed by atoms with Crippen LogP contribution >= 0.6 is 0 Å². The molecule has 0 saturated carbocycles. The molecule has 1 aromatic heterocycles. The summed E-state index contributed by atoms with van der Waals surface area (Å²) in [5, 5.41) is 8.12. The third kappa shape index (κ3) is 4.83. The van der Waals surface area contributed by atoms with E-state index in [1.807, 2.05) is 36.4 Å². The van der Waals surface area contributed by atoms with Crippen molar-refractivity contribution < 1.29 is 19.1 Å². The van der Waals surface area contributed by atoms with Crippen LogP contribution in [0.15, 0.2) is 60.7 Å². The molecule has 3 rings (SSSR count). The normalized spacial score (nSPS) is 11.1. The molecule has 0 unspecified atom stereocenters. The van der Waals surface area contributed by atoms with Gasteiger partial charge in [-0.1, -0.05) is 53.7 Å². The first-order valence-electron chi connectivity index (χ1n) is 9.44. The van der Waals surface area contributed by atoms with Crippen molar-refractivity contribution in [2.45, 2.75) is 32.9 Å². The number of carbonyl (C=O) groups is 2. The molecule has 0 saturated heterocycles. The van der Waals surface area contributed by atoms with Gasteiger partial charge in [-0.25, -0.2) is 19.2 Å². The van der Waals surface area contributed by atoms with Crippen LogP contribution in [-0.2, 0) is 16.0 Å². The number of methoxy groups -OCH3 is 1. The Kier molecular flexibility index (Phi) is 6.15. The number of esters is 1. The molecule has 0 fully saturated rings. The molecule has 0 aliphatic rings. The lowest BCUT2D eigenvalue weighted by Crippen LogP contribution is -2.36. The minimum absolute atomic E-state index is 0.0804. The number of hydrogen-bond donors (Lipinski definition) is 0. The largest absolute Gasteiger partial charge is 0.464 e. The standard InChI is InChI=1S/C22H24N4O4/c1-22(2,3)30-21(28)26(17-13-9-6-10-14-17)19-18(20(27)29-4)23-24-25(19)15-16-11-7-5-8-12-16/h5-14H,15H2,1-4H3. The number of nitrogens with zero attached hydrogens (tertiary/aromatic N) is 4. The van der Waals surface area contributed by atoms with Crippen LogP contribution in [0.4, 0.5) is 16.3 Å². The van der Waals surface area contributed by atoms with E-state index >= 15 is 0 Å². The molecule has 0 radical (unpaired) electrons. The maximum absolute atomic E-state index is 13.2. The molecule has 0 aliphatic heterocycles. The fourth-order valence-corrected chi connectivity index (χ4v) is 2.82. The molecule has 0 bridgehead atoms. The Hall–Kier alpha value is -3.68. The number of rotatable bonds is 5. The van der Waals surface area contributed by atoms with Crippen LogP contribution in [0.2, 0.25) is 0 Å². The number of para-hydroxylation sites is 1. The number of hydrogen-bond acceptors (Lipinski definition) is 6. The molecule has 0 aliphatic carbocycles. The van der Waals surface area contributed by atoms with E-state index in [9.17, 15) is 9.59 Å². The molecule has 156 valence electrons. The van der Waals surface area contributed by atoms with Crippen molar-refractivity contribution in [2.24, 2.45) is 0 Å². The number of aromatic nitrogens is 3. The van der Waals surface area contributed by atoms with Crippen LogP contribution in [-0.4, -0.2) is 39.8 Å². The average Bonchev–Trinajstić information content (AvgIpc) is 3.11. The summed E-state index contributed by atoms with van der Waals surface area (Å²) >= 11 is 0. The smallest absolute Gasteiger partial charge is 0.420 e. The van der Waals surface area contributed by atoms with Crippen molar-refractivity contribution in [3.8, 4) is 0 Å². The molecule has 2 aromatic carbocycles. The Bertz CT molecular complexity index is 1010. The van der Waals surface area contributed by atoms with Crippen molar-refractivity contribution in [1.82, 2.24) is 15.0 Å². The average molecular weight is 408 g/mol. The lowest BCUT2D eigenvalue weighted by molar-refractivity contribution is 0.0591. The highest BCUT2D eigenvalue weighted by Gasteiger charge is 2.33. The summed E-state index contributed by atoms with van der Waals surface area (Å²) < 4.78 is 12.0. The maximum Gasteiger partial charge on any atom is 0.420 e. The topological polar surface area (TPSA) is 86.5 Å². The van der Waals surface area contributed by atoms with Crippen LogP contribution in [0.3, 0.4) is 0 Å². The summed E-state index contributed by atoms with van der Waals surface area (Å²) in [6.07, 6.45) is -0.657.